The van der Waals surface area contributed by atoms with Crippen molar-refractivity contribution >= 4 is 38.8 Å². The lowest BCUT2D eigenvalue weighted by Gasteiger charge is -2.34. The molecule has 0 saturated carbocycles. The fourth-order valence-electron chi connectivity index (χ4n) is 4.16. The van der Waals surface area contributed by atoms with Crippen molar-refractivity contribution in [1.82, 2.24) is 14.9 Å². The zero-order valence-corrected chi connectivity index (χ0v) is 19.6. The van der Waals surface area contributed by atoms with Crippen molar-refractivity contribution < 1.29 is 9.53 Å². The first-order chi connectivity index (χ1) is 15.7. The number of carbonyl (C=O) groups is 1. The van der Waals surface area contributed by atoms with Gasteiger partial charge in [-0.2, -0.15) is 0 Å². The molecule has 1 aliphatic heterocycles. The second kappa shape index (κ2) is 9.38. The first-order valence-electron chi connectivity index (χ1n) is 11.0. The van der Waals surface area contributed by atoms with Crippen LogP contribution in [-0.2, 0) is 11.2 Å². The molecule has 1 fully saturated rings. The molecule has 1 amide bonds. The van der Waals surface area contributed by atoms with Gasteiger partial charge in [0.1, 0.15) is 15.8 Å². The number of ether oxygens (including phenoxy) is 1. The molecule has 1 aliphatic rings. The summed E-state index contributed by atoms with van der Waals surface area (Å²) in [7, 11) is 0. The molecule has 2 aromatic heterocycles. The predicted octanol–water partition coefficient (Wildman–Crippen LogP) is 6.11. The van der Waals surface area contributed by atoms with Gasteiger partial charge in [0.25, 0.3) is 0 Å². The van der Waals surface area contributed by atoms with Gasteiger partial charge in [-0.3, -0.25) is 4.79 Å². The minimum atomic E-state index is 0.0675. The van der Waals surface area contributed by atoms with E-state index in [9.17, 15) is 4.79 Å². The van der Waals surface area contributed by atoms with Crippen LogP contribution in [0.25, 0.3) is 20.8 Å². The molecular formula is C25H25N3O2S2. The number of piperidine rings is 1. The second-order valence-electron chi connectivity index (χ2n) is 7.90. The first-order valence-corrected chi connectivity index (χ1v) is 12.7. The maximum atomic E-state index is 13.3. The highest BCUT2D eigenvalue weighted by atomic mass is 32.1. The molecule has 4 aromatic rings. The third-order valence-corrected chi connectivity index (χ3v) is 7.79. The van der Waals surface area contributed by atoms with Crippen LogP contribution in [0.5, 0.6) is 5.75 Å². The molecule has 164 valence electrons. The van der Waals surface area contributed by atoms with Crippen LogP contribution in [0.3, 0.4) is 0 Å². The zero-order valence-electron chi connectivity index (χ0n) is 18.0. The molecule has 0 spiro atoms. The lowest BCUT2D eigenvalue weighted by molar-refractivity contribution is -0.134. The van der Waals surface area contributed by atoms with E-state index in [2.05, 4.69) is 6.07 Å². The molecule has 3 heterocycles. The molecule has 5 rings (SSSR count). The molecule has 1 atom stereocenters. The van der Waals surface area contributed by atoms with E-state index in [0.29, 0.717) is 13.0 Å². The van der Waals surface area contributed by atoms with E-state index in [1.54, 1.807) is 22.7 Å². The van der Waals surface area contributed by atoms with Crippen molar-refractivity contribution in [1.29, 1.82) is 0 Å². The van der Waals surface area contributed by atoms with Crippen LogP contribution in [0.2, 0.25) is 0 Å². The fourth-order valence-corrected chi connectivity index (χ4v) is 6.10. The topological polar surface area (TPSA) is 55.3 Å². The van der Waals surface area contributed by atoms with Crippen molar-refractivity contribution in [3.8, 4) is 16.3 Å². The Morgan fingerprint density at radius 3 is 2.78 bits per heavy atom. The Balaban J connectivity index is 1.31. The van der Waals surface area contributed by atoms with E-state index in [-0.39, 0.29) is 11.9 Å². The Morgan fingerprint density at radius 2 is 1.97 bits per heavy atom. The number of aromatic nitrogens is 2. The third-order valence-electron chi connectivity index (χ3n) is 5.71. The number of carbonyl (C=O) groups excluding carboxylic acids is 1. The van der Waals surface area contributed by atoms with Gasteiger partial charge >= 0.3 is 0 Å². The van der Waals surface area contributed by atoms with Crippen LogP contribution in [0.4, 0.5) is 0 Å². The summed E-state index contributed by atoms with van der Waals surface area (Å²) < 4.78 is 6.70. The molecule has 1 unspecified atom stereocenters. The first kappa shape index (κ1) is 21.1. The summed E-state index contributed by atoms with van der Waals surface area (Å²) in [5.74, 6) is 0.992. The Hall–Kier alpha value is -2.77. The van der Waals surface area contributed by atoms with E-state index >= 15 is 0 Å². The number of fused-ring (bicyclic) bond motifs is 1. The SMILES string of the molecule is CCOc1ccc(-c2nc(CC(=O)N3CCCCC3c3nc4ccccc4s3)cs2)cc1. The normalized spacial score (nSPS) is 16.4. The quantitative estimate of drug-likeness (QED) is 0.346. The number of hydrogen-bond acceptors (Lipinski definition) is 6. The summed E-state index contributed by atoms with van der Waals surface area (Å²) in [6.07, 6.45) is 3.47. The maximum Gasteiger partial charge on any atom is 0.229 e. The van der Waals surface area contributed by atoms with Gasteiger partial charge in [0, 0.05) is 17.5 Å². The van der Waals surface area contributed by atoms with Crippen molar-refractivity contribution in [2.45, 2.75) is 38.6 Å². The fraction of sp³-hybridized carbons (Fsp3) is 0.320. The Bertz CT molecular complexity index is 1180. The molecule has 7 heteroatoms. The van der Waals surface area contributed by atoms with Crippen LogP contribution in [0.1, 0.15) is 42.9 Å². The van der Waals surface area contributed by atoms with E-state index in [4.69, 9.17) is 14.7 Å². The molecule has 0 aliphatic carbocycles. The smallest absolute Gasteiger partial charge is 0.229 e. The van der Waals surface area contributed by atoms with E-state index in [1.165, 1.54) is 4.70 Å². The zero-order chi connectivity index (χ0) is 21.9. The standard InChI is InChI=1S/C25H25N3O2S2/c1-2-30-19-12-10-17(11-13-19)24-26-18(16-31-24)15-23(29)28-14-6-5-8-21(28)25-27-20-7-3-4-9-22(20)32-25/h3-4,7,9-13,16,21H,2,5-6,8,14-15H2,1H3. The molecular weight excluding hydrogens is 438 g/mol. The molecule has 32 heavy (non-hydrogen) atoms. The summed E-state index contributed by atoms with van der Waals surface area (Å²) >= 11 is 3.29. The van der Waals surface area contributed by atoms with Crippen molar-refractivity contribution in [2.24, 2.45) is 0 Å². The average molecular weight is 464 g/mol. The van der Waals surface area contributed by atoms with Crippen LogP contribution in [0.15, 0.2) is 53.9 Å². The van der Waals surface area contributed by atoms with Gasteiger partial charge in [-0.15, -0.1) is 22.7 Å². The van der Waals surface area contributed by atoms with Gasteiger partial charge in [0.2, 0.25) is 5.91 Å². The van der Waals surface area contributed by atoms with E-state index < -0.39 is 0 Å². The Morgan fingerprint density at radius 1 is 1.12 bits per heavy atom. The summed E-state index contributed by atoms with van der Waals surface area (Å²) in [5.41, 5.74) is 2.89. The Kier molecular flexibility index (Phi) is 6.19. The number of para-hydroxylation sites is 1. The number of likely N-dealkylation sites (tertiary alicyclic amines) is 1. The third kappa shape index (κ3) is 4.40. The minimum absolute atomic E-state index is 0.0675. The van der Waals surface area contributed by atoms with Gasteiger partial charge in [-0.25, -0.2) is 9.97 Å². The number of hydrogen-bond donors (Lipinski definition) is 0. The van der Waals surface area contributed by atoms with E-state index in [0.717, 1.165) is 58.3 Å². The van der Waals surface area contributed by atoms with Crippen molar-refractivity contribution in [2.75, 3.05) is 13.2 Å². The van der Waals surface area contributed by atoms with Crippen LogP contribution < -0.4 is 4.74 Å². The number of thiazole rings is 2. The van der Waals surface area contributed by atoms with Crippen LogP contribution >= 0.6 is 22.7 Å². The Labute approximate surface area is 195 Å². The summed E-state index contributed by atoms with van der Waals surface area (Å²) in [6, 6.07) is 16.2. The van der Waals surface area contributed by atoms with Gasteiger partial charge in [0.15, 0.2) is 0 Å². The minimum Gasteiger partial charge on any atom is -0.494 e. The monoisotopic (exact) mass is 463 g/mol. The summed E-state index contributed by atoms with van der Waals surface area (Å²) in [6.45, 7) is 3.41. The lowest BCUT2D eigenvalue weighted by Crippen LogP contribution is -2.39. The molecule has 5 nitrogen and oxygen atoms in total. The molecule has 0 radical (unpaired) electrons. The molecule has 2 aromatic carbocycles. The van der Waals surface area contributed by atoms with E-state index in [1.807, 2.05) is 59.7 Å². The van der Waals surface area contributed by atoms with Gasteiger partial charge in [-0.05, 0) is 62.6 Å². The van der Waals surface area contributed by atoms with Crippen LogP contribution in [-0.4, -0.2) is 33.9 Å². The lowest BCUT2D eigenvalue weighted by atomic mass is 10.0. The summed E-state index contributed by atoms with van der Waals surface area (Å²) in [4.78, 5) is 24.9. The van der Waals surface area contributed by atoms with Gasteiger partial charge in [0.05, 0.1) is 35.0 Å². The highest BCUT2D eigenvalue weighted by Crippen LogP contribution is 2.36. The highest BCUT2D eigenvalue weighted by molar-refractivity contribution is 7.18. The molecule has 1 saturated heterocycles. The molecule has 0 N–H and O–H groups in total. The second-order valence-corrected chi connectivity index (χ2v) is 9.82. The number of rotatable bonds is 6. The summed E-state index contributed by atoms with van der Waals surface area (Å²) in [5, 5.41) is 3.98. The largest absolute Gasteiger partial charge is 0.494 e. The highest BCUT2D eigenvalue weighted by Gasteiger charge is 2.30. The average Bonchev–Trinajstić information content (AvgIpc) is 3.47. The van der Waals surface area contributed by atoms with Crippen molar-refractivity contribution in [3.63, 3.8) is 0 Å². The molecule has 0 bridgehead atoms. The number of benzene rings is 2. The van der Waals surface area contributed by atoms with Crippen LogP contribution in [0, 0.1) is 0 Å². The van der Waals surface area contributed by atoms with Gasteiger partial charge < -0.3 is 9.64 Å². The maximum absolute atomic E-state index is 13.3. The predicted molar refractivity (Wildman–Crippen MR) is 130 cm³/mol. The number of nitrogens with zero attached hydrogens (tertiary/aromatic N) is 3. The van der Waals surface area contributed by atoms with Gasteiger partial charge in [-0.1, -0.05) is 12.1 Å². The number of amides is 1. The van der Waals surface area contributed by atoms with Crippen molar-refractivity contribution in [3.05, 3.63) is 64.6 Å².